The van der Waals surface area contributed by atoms with Crippen LogP contribution in [0.3, 0.4) is 0 Å². The molecule has 0 fully saturated rings. The van der Waals surface area contributed by atoms with Crippen LogP contribution in [0.4, 0.5) is 0 Å². The molecule has 150 valence electrons. The van der Waals surface area contributed by atoms with Gasteiger partial charge < -0.3 is 4.74 Å². The molecule has 8 nitrogen and oxygen atoms in total. The van der Waals surface area contributed by atoms with E-state index in [9.17, 15) is 9.59 Å². The number of rotatable bonds is 3. The van der Waals surface area contributed by atoms with Crippen LogP contribution in [0.5, 0.6) is 5.75 Å². The Morgan fingerprint density at radius 2 is 1.60 bits per heavy atom. The molecular weight excluding hydrogens is 382 g/mol. The number of hydrogen-bond acceptors (Lipinski definition) is 4. The van der Waals surface area contributed by atoms with E-state index in [0.29, 0.717) is 16.9 Å². The summed E-state index contributed by atoms with van der Waals surface area (Å²) in [5.74, 6) is 1.32. The van der Waals surface area contributed by atoms with Crippen LogP contribution >= 0.6 is 0 Å². The van der Waals surface area contributed by atoms with Crippen LogP contribution in [-0.2, 0) is 14.1 Å². The highest BCUT2D eigenvalue weighted by Crippen LogP contribution is 2.29. The standard InChI is InChI=1S/C22H19N5O3/c1-24-19-18(20(28)25(2)22(24)29)26-13-17(14-9-11-16(30-3)12-10-14)27(21(26)23-19)15-7-5-4-6-8-15/h4-13H,1-3H3. The zero-order valence-electron chi connectivity index (χ0n) is 16.7. The Morgan fingerprint density at radius 3 is 2.27 bits per heavy atom. The van der Waals surface area contributed by atoms with Gasteiger partial charge in [0, 0.05) is 31.5 Å². The third-order valence-corrected chi connectivity index (χ3v) is 5.37. The number of hydrogen-bond donors (Lipinski definition) is 0. The molecule has 0 aliphatic carbocycles. The molecule has 3 heterocycles. The van der Waals surface area contributed by atoms with Crippen molar-refractivity contribution in [2.24, 2.45) is 14.1 Å². The van der Waals surface area contributed by atoms with Gasteiger partial charge in [-0.05, 0) is 36.4 Å². The number of benzene rings is 2. The van der Waals surface area contributed by atoms with E-state index in [0.717, 1.165) is 27.3 Å². The molecule has 0 aliphatic heterocycles. The third-order valence-electron chi connectivity index (χ3n) is 5.37. The average Bonchev–Trinajstić information content (AvgIpc) is 3.33. The molecule has 0 unspecified atom stereocenters. The van der Waals surface area contributed by atoms with Gasteiger partial charge in [0.1, 0.15) is 5.75 Å². The van der Waals surface area contributed by atoms with Crippen molar-refractivity contribution in [1.29, 1.82) is 0 Å². The molecule has 0 radical (unpaired) electrons. The summed E-state index contributed by atoms with van der Waals surface area (Å²) >= 11 is 0. The Hall–Kier alpha value is -4.07. The van der Waals surface area contributed by atoms with Crippen molar-refractivity contribution in [3.05, 3.63) is 81.6 Å². The highest BCUT2D eigenvalue weighted by molar-refractivity contribution is 5.79. The number of imidazole rings is 2. The maximum Gasteiger partial charge on any atom is 0.332 e. The minimum Gasteiger partial charge on any atom is -0.497 e. The molecule has 2 aromatic carbocycles. The smallest absolute Gasteiger partial charge is 0.332 e. The molecule has 5 rings (SSSR count). The van der Waals surface area contributed by atoms with Gasteiger partial charge >= 0.3 is 5.69 Å². The van der Waals surface area contributed by atoms with E-state index in [2.05, 4.69) is 4.98 Å². The minimum absolute atomic E-state index is 0.351. The van der Waals surface area contributed by atoms with E-state index >= 15 is 0 Å². The van der Waals surface area contributed by atoms with Gasteiger partial charge in [0.25, 0.3) is 5.56 Å². The second-order valence-corrected chi connectivity index (χ2v) is 7.07. The molecule has 0 atom stereocenters. The van der Waals surface area contributed by atoms with E-state index in [1.54, 1.807) is 18.6 Å². The normalized spacial score (nSPS) is 11.4. The zero-order valence-corrected chi connectivity index (χ0v) is 16.7. The summed E-state index contributed by atoms with van der Waals surface area (Å²) in [5, 5.41) is 0. The predicted octanol–water partition coefficient (Wildman–Crippen LogP) is 2.35. The van der Waals surface area contributed by atoms with Crippen molar-refractivity contribution in [3.8, 4) is 22.7 Å². The van der Waals surface area contributed by atoms with Crippen molar-refractivity contribution >= 4 is 16.9 Å². The molecule has 0 amide bonds. The molecule has 30 heavy (non-hydrogen) atoms. The van der Waals surface area contributed by atoms with E-state index < -0.39 is 5.69 Å². The highest BCUT2D eigenvalue weighted by Gasteiger charge is 2.21. The SMILES string of the molecule is COc1ccc(-c2cn3c4c(=O)n(C)c(=O)n(C)c4nc3n2-c2ccccc2)cc1. The first-order valence-electron chi connectivity index (χ1n) is 9.40. The number of para-hydroxylation sites is 1. The number of aromatic nitrogens is 5. The largest absolute Gasteiger partial charge is 0.497 e. The van der Waals surface area contributed by atoms with Gasteiger partial charge in [0.2, 0.25) is 5.78 Å². The number of fused-ring (bicyclic) bond motifs is 3. The number of aryl methyl sites for hydroxylation is 1. The Morgan fingerprint density at radius 1 is 0.900 bits per heavy atom. The van der Waals surface area contributed by atoms with Gasteiger partial charge in [-0.15, -0.1) is 0 Å². The lowest BCUT2D eigenvalue weighted by molar-refractivity contribution is 0.415. The number of ether oxygens (including phenoxy) is 1. The summed E-state index contributed by atoms with van der Waals surface area (Å²) in [4.78, 5) is 30.0. The van der Waals surface area contributed by atoms with Crippen LogP contribution in [0.1, 0.15) is 0 Å². The predicted molar refractivity (Wildman–Crippen MR) is 114 cm³/mol. The van der Waals surface area contributed by atoms with Gasteiger partial charge in [0.05, 0.1) is 12.8 Å². The van der Waals surface area contributed by atoms with E-state index in [-0.39, 0.29) is 5.56 Å². The third kappa shape index (κ3) is 2.43. The van der Waals surface area contributed by atoms with Crippen molar-refractivity contribution in [2.45, 2.75) is 0 Å². The fourth-order valence-electron chi connectivity index (χ4n) is 3.77. The lowest BCUT2D eigenvalue weighted by atomic mass is 10.1. The van der Waals surface area contributed by atoms with E-state index in [4.69, 9.17) is 4.74 Å². The summed E-state index contributed by atoms with van der Waals surface area (Å²) in [6, 6.07) is 17.5. The maximum atomic E-state index is 12.9. The Bertz CT molecular complexity index is 1520. The molecule has 0 saturated carbocycles. The van der Waals surface area contributed by atoms with Crippen molar-refractivity contribution in [2.75, 3.05) is 7.11 Å². The Balaban J connectivity index is 1.93. The zero-order chi connectivity index (χ0) is 21.0. The van der Waals surface area contributed by atoms with Crippen molar-refractivity contribution in [3.63, 3.8) is 0 Å². The first-order valence-corrected chi connectivity index (χ1v) is 9.40. The van der Waals surface area contributed by atoms with Crippen LogP contribution in [-0.4, -0.2) is 30.2 Å². The fraction of sp³-hybridized carbons (Fsp3) is 0.136. The molecule has 0 bridgehead atoms. The Kier molecular flexibility index (Phi) is 3.89. The fourth-order valence-corrected chi connectivity index (χ4v) is 3.77. The first-order chi connectivity index (χ1) is 14.5. The minimum atomic E-state index is -0.408. The van der Waals surface area contributed by atoms with Gasteiger partial charge in [-0.1, -0.05) is 18.2 Å². The van der Waals surface area contributed by atoms with Crippen LogP contribution in [0, 0.1) is 0 Å². The lowest BCUT2D eigenvalue weighted by Crippen LogP contribution is -2.37. The number of nitrogens with zero attached hydrogens (tertiary/aromatic N) is 5. The Labute approximate surface area is 170 Å². The maximum absolute atomic E-state index is 12.9. The molecule has 0 spiro atoms. The lowest BCUT2D eigenvalue weighted by Gasteiger charge is -2.09. The molecule has 0 saturated heterocycles. The van der Waals surface area contributed by atoms with Gasteiger partial charge in [0.15, 0.2) is 11.2 Å². The summed E-state index contributed by atoms with van der Waals surface area (Å²) < 4.78 is 11.5. The monoisotopic (exact) mass is 401 g/mol. The average molecular weight is 401 g/mol. The van der Waals surface area contributed by atoms with Crippen LogP contribution < -0.4 is 16.0 Å². The van der Waals surface area contributed by atoms with Crippen molar-refractivity contribution < 1.29 is 4.74 Å². The van der Waals surface area contributed by atoms with Crippen molar-refractivity contribution in [1.82, 2.24) is 23.1 Å². The second-order valence-electron chi connectivity index (χ2n) is 7.07. The topological polar surface area (TPSA) is 75.5 Å². The molecule has 5 aromatic rings. The molecular formula is C22H19N5O3. The molecule has 3 aromatic heterocycles. The summed E-state index contributed by atoms with van der Waals surface area (Å²) in [5.41, 5.74) is 2.63. The van der Waals surface area contributed by atoms with Gasteiger partial charge in [-0.3, -0.25) is 22.9 Å². The first kappa shape index (κ1) is 18.0. The van der Waals surface area contributed by atoms with Crippen LogP contribution in [0.2, 0.25) is 0 Å². The van der Waals surface area contributed by atoms with Gasteiger partial charge in [-0.25, -0.2) is 4.79 Å². The van der Waals surface area contributed by atoms with E-state index in [1.165, 1.54) is 11.6 Å². The van der Waals surface area contributed by atoms with Crippen LogP contribution in [0.25, 0.3) is 33.9 Å². The number of methoxy groups -OCH3 is 1. The quantitative estimate of drug-likeness (QED) is 0.465. The summed E-state index contributed by atoms with van der Waals surface area (Å²) in [7, 11) is 4.72. The van der Waals surface area contributed by atoms with Crippen LogP contribution in [0.15, 0.2) is 70.4 Å². The highest BCUT2D eigenvalue weighted by atomic mass is 16.5. The summed E-state index contributed by atoms with van der Waals surface area (Å²) in [6.07, 6.45) is 1.88. The summed E-state index contributed by atoms with van der Waals surface area (Å²) in [6.45, 7) is 0. The molecule has 0 aliphatic rings. The molecule has 0 N–H and O–H groups in total. The van der Waals surface area contributed by atoms with Gasteiger partial charge in [-0.2, -0.15) is 4.98 Å². The van der Waals surface area contributed by atoms with E-state index in [1.807, 2.05) is 65.4 Å². The molecule has 8 heteroatoms. The second kappa shape index (κ2) is 6.48.